The zero-order chi connectivity index (χ0) is 14.1. The monoisotopic (exact) mass is 285 g/mol. The summed E-state index contributed by atoms with van der Waals surface area (Å²) >= 11 is 5.76. The number of aryl methyl sites for hydroxylation is 1. The highest BCUT2D eigenvalue weighted by atomic mass is 35.5. The molecular weight excluding hydrogens is 274 g/mol. The summed E-state index contributed by atoms with van der Waals surface area (Å²) < 4.78 is 1.93. The molecule has 0 spiro atoms. The van der Waals surface area contributed by atoms with Crippen LogP contribution in [0.5, 0.6) is 0 Å². The molecule has 0 aliphatic heterocycles. The Bertz CT molecular complexity index is 777. The Morgan fingerprint density at radius 1 is 1.25 bits per heavy atom. The number of para-hydroxylation sites is 2. The Balaban J connectivity index is 1.91. The van der Waals surface area contributed by atoms with Gasteiger partial charge in [0.2, 0.25) is 0 Å². The number of imidazole rings is 1. The number of carbonyl (C=O) groups is 1. The first kappa shape index (κ1) is 12.8. The van der Waals surface area contributed by atoms with Crippen molar-refractivity contribution in [3.05, 3.63) is 59.1 Å². The van der Waals surface area contributed by atoms with Crippen molar-refractivity contribution >= 4 is 28.4 Å². The molecule has 0 fully saturated rings. The van der Waals surface area contributed by atoms with Crippen molar-refractivity contribution in [1.29, 1.82) is 0 Å². The Hall–Kier alpha value is -2.20. The van der Waals surface area contributed by atoms with Gasteiger partial charge in [0.25, 0.3) is 0 Å². The maximum atomic E-state index is 12.2. The van der Waals surface area contributed by atoms with Crippen molar-refractivity contribution in [3.63, 3.8) is 0 Å². The number of halogens is 1. The summed E-state index contributed by atoms with van der Waals surface area (Å²) in [7, 11) is 1.91. The van der Waals surface area contributed by atoms with Crippen molar-refractivity contribution in [3.8, 4) is 0 Å². The fourth-order valence-electron chi connectivity index (χ4n) is 2.13. The number of carbonyl (C=O) groups excluding carboxylic acids is 1. The molecule has 0 aliphatic rings. The SMILES string of the molecule is Cn1c(CC(=O)c2ccc(Cl)cn2)nc2ccccc21. The Labute approximate surface area is 121 Å². The van der Waals surface area contributed by atoms with Gasteiger partial charge in [0.05, 0.1) is 22.5 Å². The Morgan fingerprint density at radius 2 is 2.05 bits per heavy atom. The highest BCUT2D eigenvalue weighted by Crippen LogP contribution is 2.16. The fourth-order valence-corrected chi connectivity index (χ4v) is 2.24. The summed E-state index contributed by atoms with van der Waals surface area (Å²) in [4.78, 5) is 20.7. The molecule has 0 radical (unpaired) electrons. The molecular formula is C15H12ClN3O. The van der Waals surface area contributed by atoms with Gasteiger partial charge in [-0.1, -0.05) is 23.7 Å². The summed E-state index contributed by atoms with van der Waals surface area (Å²) in [6.45, 7) is 0. The van der Waals surface area contributed by atoms with Gasteiger partial charge in [-0.25, -0.2) is 4.98 Å². The van der Waals surface area contributed by atoms with E-state index in [-0.39, 0.29) is 12.2 Å². The van der Waals surface area contributed by atoms with Crippen LogP contribution < -0.4 is 0 Å². The number of rotatable bonds is 3. The number of pyridine rings is 1. The molecule has 5 heteroatoms. The minimum absolute atomic E-state index is 0.0694. The van der Waals surface area contributed by atoms with Gasteiger partial charge in [-0.3, -0.25) is 9.78 Å². The largest absolute Gasteiger partial charge is 0.331 e. The Kier molecular flexibility index (Phi) is 3.24. The zero-order valence-corrected chi connectivity index (χ0v) is 11.6. The van der Waals surface area contributed by atoms with Gasteiger partial charge in [0, 0.05) is 13.2 Å². The fraction of sp³-hybridized carbons (Fsp3) is 0.133. The van der Waals surface area contributed by atoms with Crippen molar-refractivity contribution in [1.82, 2.24) is 14.5 Å². The first-order chi connectivity index (χ1) is 9.65. The second-order valence-electron chi connectivity index (χ2n) is 4.54. The molecule has 3 rings (SSSR count). The van der Waals surface area contributed by atoms with Crippen LogP contribution in [-0.4, -0.2) is 20.3 Å². The first-order valence-electron chi connectivity index (χ1n) is 6.20. The van der Waals surface area contributed by atoms with E-state index in [1.54, 1.807) is 12.1 Å². The number of nitrogens with zero attached hydrogens (tertiary/aromatic N) is 3. The molecule has 0 saturated carbocycles. The van der Waals surface area contributed by atoms with Gasteiger partial charge in [-0.15, -0.1) is 0 Å². The predicted molar refractivity (Wildman–Crippen MR) is 78.0 cm³/mol. The molecule has 0 amide bonds. The van der Waals surface area contributed by atoms with Crippen molar-refractivity contribution < 1.29 is 4.79 Å². The number of hydrogen-bond donors (Lipinski definition) is 0. The molecule has 2 aromatic heterocycles. The van der Waals surface area contributed by atoms with Crippen LogP contribution in [0.15, 0.2) is 42.6 Å². The third kappa shape index (κ3) is 2.30. The number of aromatic nitrogens is 3. The lowest BCUT2D eigenvalue weighted by Crippen LogP contribution is -2.09. The lowest BCUT2D eigenvalue weighted by molar-refractivity contribution is 0.0985. The molecule has 0 aliphatic carbocycles. The summed E-state index contributed by atoms with van der Waals surface area (Å²) in [6, 6.07) is 11.1. The first-order valence-corrected chi connectivity index (χ1v) is 6.58. The van der Waals surface area contributed by atoms with E-state index in [4.69, 9.17) is 11.6 Å². The van der Waals surface area contributed by atoms with Crippen LogP contribution in [-0.2, 0) is 13.5 Å². The second-order valence-corrected chi connectivity index (χ2v) is 4.97. The molecule has 0 atom stereocenters. The summed E-state index contributed by atoms with van der Waals surface area (Å²) in [5.41, 5.74) is 2.31. The molecule has 20 heavy (non-hydrogen) atoms. The van der Waals surface area contributed by atoms with Gasteiger partial charge < -0.3 is 4.57 Å². The molecule has 0 bridgehead atoms. The third-order valence-corrected chi connectivity index (χ3v) is 3.44. The average molecular weight is 286 g/mol. The minimum Gasteiger partial charge on any atom is -0.331 e. The molecule has 3 aromatic rings. The van der Waals surface area contributed by atoms with Crippen LogP contribution in [0.25, 0.3) is 11.0 Å². The molecule has 0 unspecified atom stereocenters. The lowest BCUT2D eigenvalue weighted by Gasteiger charge is -2.02. The van der Waals surface area contributed by atoms with E-state index in [0.717, 1.165) is 16.9 Å². The summed E-state index contributed by atoms with van der Waals surface area (Å²) in [6.07, 6.45) is 1.70. The number of hydrogen-bond acceptors (Lipinski definition) is 3. The van der Waals surface area contributed by atoms with Gasteiger partial charge in [-0.2, -0.15) is 0 Å². The van der Waals surface area contributed by atoms with Gasteiger partial charge in [0.1, 0.15) is 11.5 Å². The summed E-state index contributed by atoms with van der Waals surface area (Å²) in [5.74, 6) is 0.660. The number of benzene rings is 1. The molecule has 0 N–H and O–H groups in total. The van der Waals surface area contributed by atoms with E-state index in [2.05, 4.69) is 9.97 Å². The van der Waals surface area contributed by atoms with Crippen LogP contribution in [0.1, 0.15) is 16.3 Å². The van der Waals surface area contributed by atoms with Crippen molar-refractivity contribution in [2.45, 2.75) is 6.42 Å². The van der Waals surface area contributed by atoms with Gasteiger partial charge >= 0.3 is 0 Å². The third-order valence-electron chi connectivity index (χ3n) is 3.21. The highest BCUT2D eigenvalue weighted by molar-refractivity contribution is 6.30. The maximum absolute atomic E-state index is 12.2. The normalized spacial score (nSPS) is 10.9. The number of ketones is 1. The molecule has 2 heterocycles. The van der Waals surface area contributed by atoms with Crippen LogP contribution in [0.4, 0.5) is 0 Å². The van der Waals surface area contributed by atoms with E-state index in [9.17, 15) is 4.79 Å². The van der Waals surface area contributed by atoms with E-state index in [1.807, 2.05) is 35.9 Å². The Morgan fingerprint density at radius 3 is 2.75 bits per heavy atom. The molecule has 4 nitrogen and oxygen atoms in total. The van der Waals surface area contributed by atoms with Crippen LogP contribution in [0, 0.1) is 0 Å². The molecule has 1 aromatic carbocycles. The van der Waals surface area contributed by atoms with E-state index in [0.29, 0.717) is 10.7 Å². The van der Waals surface area contributed by atoms with Crippen LogP contribution >= 0.6 is 11.6 Å². The second kappa shape index (κ2) is 5.06. The van der Waals surface area contributed by atoms with E-state index >= 15 is 0 Å². The minimum atomic E-state index is -0.0694. The van der Waals surface area contributed by atoms with Gasteiger partial charge in [0.15, 0.2) is 5.78 Å². The van der Waals surface area contributed by atoms with Crippen LogP contribution in [0.2, 0.25) is 5.02 Å². The molecule has 100 valence electrons. The standard InChI is InChI=1S/C15H12ClN3O/c1-19-13-5-3-2-4-11(13)18-15(19)8-14(20)12-7-6-10(16)9-17-12/h2-7,9H,8H2,1H3. The summed E-state index contributed by atoms with van der Waals surface area (Å²) in [5, 5.41) is 0.518. The maximum Gasteiger partial charge on any atom is 0.188 e. The van der Waals surface area contributed by atoms with E-state index in [1.165, 1.54) is 6.20 Å². The number of Topliss-reactive ketones (excluding diaryl/α,β-unsaturated/α-hetero) is 1. The number of fused-ring (bicyclic) bond motifs is 1. The predicted octanol–water partition coefficient (Wildman–Crippen LogP) is 3.05. The van der Waals surface area contributed by atoms with E-state index < -0.39 is 0 Å². The highest BCUT2D eigenvalue weighted by Gasteiger charge is 2.14. The zero-order valence-electron chi connectivity index (χ0n) is 10.9. The van der Waals surface area contributed by atoms with Crippen LogP contribution in [0.3, 0.4) is 0 Å². The van der Waals surface area contributed by atoms with Crippen molar-refractivity contribution in [2.75, 3.05) is 0 Å². The quantitative estimate of drug-likeness (QED) is 0.695. The smallest absolute Gasteiger partial charge is 0.188 e. The average Bonchev–Trinajstić information content (AvgIpc) is 2.77. The molecule has 0 saturated heterocycles. The topological polar surface area (TPSA) is 47.8 Å². The lowest BCUT2D eigenvalue weighted by atomic mass is 10.2. The van der Waals surface area contributed by atoms with Gasteiger partial charge in [-0.05, 0) is 24.3 Å². The van der Waals surface area contributed by atoms with Crippen molar-refractivity contribution in [2.24, 2.45) is 7.05 Å².